The van der Waals surface area contributed by atoms with Crippen LogP contribution in [0.15, 0.2) is 24.3 Å². The van der Waals surface area contributed by atoms with E-state index in [1.807, 2.05) is 24.3 Å². The van der Waals surface area contributed by atoms with Crippen molar-refractivity contribution in [1.82, 2.24) is 5.32 Å². The molecule has 4 nitrogen and oxygen atoms in total. The van der Waals surface area contributed by atoms with Gasteiger partial charge in [0.1, 0.15) is 5.75 Å². The summed E-state index contributed by atoms with van der Waals surface area (Å²) in [5, 5.41) is 2.87. The Bertz CT molecular complexity index is 430. The molecule has 0 bridgehead atoms. The molecule has 2 rings (SSSR count). The number of nitrogens with two attached hydrogens (primary N) is 1. The standard InChI is InChI=1S/C15H22N2O2.ClH/c1-12-4-6-13(7-5-12)19-11-3-2-10-17-14(18)15(16)8-9-15;/h4-7H,2-3,8-11,16H2,1H3,(H,17,18);1H. The number of nitrogens with one attached hydrogen (secondary N) is 1. The van der Waals surface area contributed by atoms with Crippen LogP contribution >= 0.6 is 12.4 Å². The van der Waals surface area contributed by atoms with E-state index < -0.39 is 5.54 Å². The van der Waals surface area contributed by atoms with Gasteiger partial charge in [-0.05, 0) is 44.7 Å². The molecule has 1 aliphatic carbocycles. The molecule has 0 aromatic heterocycles. The summed E-state index contributed by atoms with van der Waals surface area (Å²) in [6, 6.07) is 8.02. The number of hydrogen-bond acceptors (Lipinski definition) is 3. The van der Waals surface area contributed by atoms with E-state index in [-0.39, 0.29) is 18.3 Å². The van der Waals surface area contributed by atoms with E-state index in [1.54, 1.807) is 0 Å². The summed E-state index contributed by atoms with van der Waals surface area (Å²) in [7, 11) is 0. The fraction of sp³-hybridized carbons (Fsp3) is 0.533. The lowest BCUT2D eigenvalue weighted by molar-refractivity contribution is -0.123. The van der Waals surface area contributed by atoms with Gasteiger partial charge in [-0.3, -0.25) is 4.79 Å². The lowest BCUT2D eigenvalue weighted by atomic mass is 10.2. The Morgan fingerprint density at radius 2 is 1.95 bits per heavy atom. The van der Waals surface area contributed by atoms with Gasteiger partial charge in [0.25, 0.3) is 0 Å². The number of hydrogen-bond donors (Lipinski definition) is 2. The summed E-state index contributed by atoms with van der Waals surface area (Å²) in [6.45, 7) is 3.40. The Kier molecular flexibility index (Phi) is 6.30. The molecule has 5 heteroatoms. The summed E-state index contributed by atoms with van der Waals surface area (Å²) in [5.74, 6) is 0.889. The molecular formula is C15H23ClN2O2. The van der Waals surface area contributed by atoms with Crippen LogP contribution in [0.25, 0.3) is 0 Å². The predicted octanol–water partition coefficient (Wildman–Crippen LogP) is 2.18. The second-order valence-corrected chi connectivity index (χ2v) is 5.28. The maximum absolute atomic E-state index is 11.5. The van der Waals surface area contributed by atoms with Gasteiger partial charge in [-0.25, -0.2) is 0 Å². The zero-order valence-corrected chi connectivity index (χ0v) is 12.7. The lowest BCUT2D eigenvalue weighted by Gasteiger charge is -2.10. The molecule has 1 aliphatic rings. The molecule has 0 spiro atoms. The van der Waals surface area contributed by atoms with Gasteiger partial charge in [0.05, 0.1) is 12.1 Å². The van der Waals surface area contributed by atoms with Crippen LogP contribution in [0.4, 0.5) is 0 Å². The average Bonchev–Trinajstić information content (AvgIpc) is 3.15. The van der Waals surface area contributed by atoms with Gasteiger partial charge in [0.15, 0.2) is 0 Å². The van der Waals surface area contributed by atoms with Crippen LogP contribution in [0.1, 0.15) is 31.2 Å². The number of halogens is 1. The van der Waals surface area contributed by atoms with E-state index >= 15 is 0 Å². The van der Waals surface area contributed by atoms with E-state index in [0.29, 0.717) is 13.2 Å². The zero-order chi connectivity index (χ0) is 13.7. The fourth-order valence-corrected chi connectivity index (χ4v) is 1.79. The summed E-state index contributed by atoms with van der Waals surface area (Å²) >= 11 is 0. The van der Waals surface area contributed by atoms with Crippen molar-refractivity contribution >= 4 is 18.3 Å². The smallest absolute Gasteiger partial charge is 0.240 e. The molecule has 0 atom stereocenters. The minimum absolute atomic E-state index is 0. The zero-order valence-electron chi connectivity index (χ0n) is 11.9. The van der Waals surface area contributed by atoms with Gasteiger partial charge < -0.3 is 15.8 Å². The Morgan fingerprint density at radius 1 is 1.30 bits per heavy atom. The molecule has 0 radical (unpaired) electrons. The topological polar surface area (TPSA) is 64.3 Å². The monoisotopic (exact) mass is 298 g/mol. The second kappa shape index (κ2) is 7.50. The van der Waals surface area contributed by atoms with E-state index in [9.17, 15) is 4.79 Å². The normalized spacial score (nSPS) is 15.1. The minimum atomic E-state index is -0.557. The van der Waals surface area contributed by atoms with Crippen molar-refractivity contribution in [3.05, 3.63) is 29.8 Å². The summed E-state index contributed by atoms with van der Waals surface area (Å²) in [5.41, 5.74) is 6.45. The second-order valence-electron chi connectivity index (χ2n) is 5.28. The average molecular weight is 299 g/mol. The number of aryl methyl sites for hydroxylation is 1. The van der Waals surface area contributed by atoms with Crippen molar-refractivity contribution in [3.8, 4) is 5.75 Å². The van der Waals surface area contributed by atoms with Crippen LogP contribution in [-0.4, -0.2) is 24.6 Å². The number of carbonyl (C=O) groups excluding carboxylic acids is 1. The third-order valence-electron chi connectivity index (χ3n) is 3.39. The molecule has 1 aromatic rings. The first-order valence-electron chi connectivity index (χ1n) is 6.87. The van der Waals surface area contributed by atoms with Crippen LogP contribution in [0.3, 0.4) is 0 Å². The van der Waals surface area contributed by atoms with E-state index in [2.05, 4.69) is 12.2 Å². The molecule has 1 amide bonds. The van der Waals surface area contributed by atoms with Crippen molar-refractivity contribution in [2.45, 2.75) is 38.1 Å². The highest BCUT2D eigenvalue weighted by Gasteiger charge is 2.45. The van der Waals surface area contributed by atoms with Crippen LogP contribution in [0.5, 0.6) is 5.75 Å². The highest BCUT2D eigenvalue weighted by atomic mass is 35.5. The van der Waals surface area contributed by atoms with Gasteiger partial charge in [-0.1, -0.05) is 17.7 Å². The third-order valence-corrected chi connectivity index (χ3v) is 3.39. The number of unbranched alkanes of at least 4 members (excludes halogenated alkanes) is 1. The number of ether oxygens (including phenoxy) is 1. The molecule has 3 N–H and O–H groups in total. The van der Waals surface area contributed by atoms with E-state index in [1.165, 1.54) is 5.56 Å². The minimum Gasteiger partial charge on any atom is -0.494 e. The Balaban J connectivity index is 0.00000200. The maximum atomic E-state index is 11.5. The molecule has 1 saturated carbocycles. The summed E-state index contributed by atoms with van der Waals surface area (Å²) < 4.78 is 5.61. The SMILES string of the molecule is Cc1ccc(OCCCCNC(=O)C2(N)CC2)cc1.Cl. The van der Waals surface area contributed by atoms with Crippen LogP contribution < -0.4 is 15.8 Å². The highest BCUT2D eigenvalue weighted by Crippen LogP contribution is 2.31. The first-order valence-corrected chi connectivity index (χ1v) is 6.87. The number of rotatable bonds is 7. The van der Waals surface area contributed by atoms with Gasteiger partial charge in [-0.15, -0.1) is 12.4 Å². The summed E-state index contributed by atoms with van der Waals surface area (Å²) in [4.78, 5) is 11.5. The molecule has 1 aromatic carbocycles. The summed E-state index contributed by atoms with van der Waals surface area (Å²) in [6.07, 6.45) is 3.46. The third kappa shape index (κ3) is 5.02. The molecule has 0 heterocycles. The van der Waals surface area contributed by atoms with E-state index in [4.69, 9.17) is 10.5 Å². The van der Waals surface area contributed by atoms with Crippen molar-refractivity contribution in [2.24, 2.45) is 5.73 Å². The fourth-order valence-electron chi connectivity index (χ4n) is 1.79. The molecule has 1 fully saturated rings. The first-order chi connectivity index (χ1) is 9.10. The van der Waals surface area contributed by atoms with E-state index in [0.717, 1.165) is 31.4 Å². The molecule has 0 aliphatic heterocycles. The van der Waals surface area contributed by atoms with Crippen molar-refractivity contribution < 1.29 is 9.53 Å². The van der Waals surface area contributed by atoms with Gasteiger partial charge in [0.2, 0.25) is 5.91 Å². The van der Waals surface area contributed by atoms with Gasteiger partial charge in [0, 0.05) is 6.54 Å². The molecule has 20 heavy (non-hydrogen) atoms. The first kappa shape index (κ1) is 16.8. The number of carbonyl (C=O) groups is 1. The highest BCUT2D eigenvalue weighted by molar-refractivity contribution is 5.88. The number of benzene rings is 1. The largest absolute Gasteiger partial charge is 0.494 e. The van der Waals surface area contributed by atoms with Crippen molar-refractivity contribution in [2.75, 3.05) is 13.2 Å². The quantitative estimate of drug-likeness (QED) is 0.758. The Morgan fingerprint density at radius 3 is 2.55 bits per heavy atom. The molecular weight excluding hydrogens is 276 g/mol. The van der Waals surface area contributed by atoms with Gasteiger partial charge in [-0.2, -0.15) is 0 Å². The molecule has 112 valence electrons. The maximum Gasteiger partial charge on any atom is 0.240 e. The Labute approximate surface area is 126 Å². The Hall–Kier alpha value is -1.26. The van der Waals surface area contributed by atoms with Crippen LogP contribution in [0.2, 0.25) is 0 Å². The number of amides is 1. The van der Waals surface area contributed by atoms with Crippen LogP contribution in [-0.2, 0) is 4.79 Å². The molecule has 0 unspecified atom stereocenters. The van der Waals surface area contributed by atoms with Crippen molar-refractivity contribution in [1.29, 1.82) is 0 Å². The lowest BCUT2D eigenvalue weighted by Crippen LogP contribution is -2.43. The molecule has 0 saturated heterocycles. The van der Waals surface area contributed by atoms with Crippen molar-refractivity contribution in [3.63, 3.8) is 0 Å². The van der Waals surface area contributed by atoms with Gasteiger partial charge >= 0.3 is 0 Å². The van der Waals surface area contributed by atoms with Crippen LogP contribution in [0, 0.1) is 6.92 Å². The predicted molar refractivity (Wildman–Crippen MR) is 82.3 cm³/mol.